The summed E-state index contributed by atoms with van der Waals surface area (Å²) in [5, 5.41) is 4.04. The molecule has 4 nitrogen and oxygen atoms in total. The maximum absolute atomic E-state index is 13.5. The van der Waals surface area contributed by atoms with Gasteiger partial charge in [0, 0.05) is 25.3 Å². The number of hydrogen-bond acceptors (Lipinski definition) is 3. The SMILES string of the molecule is CC(C)c1ccc2c(c1)CCC1C(C)(CNC3C4=C(CCCC4)C(=O)N3CC3CCCO3)CCCC21C. The third-order valence-electron chi connectivity index (χ3n) is 11.0. The van der Waals surface area contributed by atoms with Crippen molar-refractivity contribution in [2.45, 2.75) is 122 Å². The van der Waals surface area contributed by atoms with Gasteiger partial charge in [0.05, 0.1) is 6.10 Å². The van der Waals surface area contributed by atoms with Gasteiger partial charge in [-0.2, -0.15) is 0 Å². The molecule has 1 saturated heterocycles. The van der Waals surface area contributed by atoms with Crippen LogP contribution in [0.4, 0.5) is 0 Å². The number of aryl methyl sites for hydroxylation is 1. The summed E-state index contributed by atoms with van der Waals surface area (Å²) in [6.07, 6.45) is 13.2. The van der Waals surface area contributed by atoms with Crippen LogP contribution < -0.4 is 5.32 Å². The average molecular weight is 505 g/mol. The van der Waals surface area contributed by atoms with Crippen molar-refractivity contribution in [1.82, 2.24) is 10.2 Å². The maximum atomic E-state index is 13.5. The number of carbonyl (C=O) groups excluding carboxylic acids is 1. The molecule has 5 unspecified atom stereocenters. The second-order valence-electron chi connectivity index (χ2n) is 13.7. The number of hydrogen-bond donors (Lipinski definition) is 1. The first kappa shape index (κ1) is 25.6. The van der Waals surface area contributed by atoms with E-state index in [1.807, 2.05) is 0 Å². The average Bonchev–Trinajstić information content (AvgIpc) is 3.49. The van der Waals surface area contributed by atoms with Gasteiger partial charge in [-0.25, -0.2) is 0 Å². The minimum atomic E-state index is 0.0708. The second-order valence-corrected chi connectivity index (χ2v) is 13.7. The van der Waals surface area contributed by atoms with Crippen LogP contribution in [0.25, 0.3) is 0 Å². The highest BCUT2D eigenvalue weighted by Gasteiger charge is 2.52. The molecular formula is C33H48N2O2. The van der Waals surface area contributed by atoms with E-state index in [4.69, 9.17) is 4.74 Å². The normalized spacial score (nSPS) is 35.6. The molecule has 2 heterocycles. The summed E-state index contributed by atoms with van der Waals surface area (Å²) in [4.78, 5) is 15.7. The Bertz CT molecular complexity index is 1070. The molecule has 5 aliphatic rings. The Balaban J connectivity index is 1.24. The van der Waals surface area contributed by atoms with E-state index in [0.29, 0.717) is 11.8 Å². The predicted octanol–water partition coefficient (Wildman–Crippen LogP) is 6.63. The third kappa shape index (κ3) is 4.40. The topological polar surface area (TPSA) is 41.6 Å². The third-order valence-corrected chi connectivity index (χ3v) is 11.0. The van der Waals surface area contributed by atoms with E-state index in [2.05, 4.69) is 56.1 Å². The fraction of sp³-hybridized carbons (Fsp3) is 0.727. The molecule has 1 saturated carbocycles. The lowest BCUT2D eigenvalue weighted by atomic mass is 9.49. The van der Waals surface area contributed by atoms with Crippen LogP contribution in [0.1, 0.15) is 115 Å². The molecule has 2 aliphatic heterocycles. The highest BCUT2D eigenvalue weighted by molar-refractivity contribution is 5.97. The van der Waals surface area contributed by atoms with Crippen molar-refractivity contribution in [2.75, 3.05) is 19.7 Å². The fourth-order valence-electron chi connectivity index (χ4n) is 8.93. The van der Waals surface area contributed by atoms with Gasteiger partial charge in [0.25, 0.3) is 5.91 Å². The number of amides is 1. The molecule has 0 radical (unpaired) electrons. The van der Waals surface area contributed by atoms with Crippen molar-refractivity contribution in [2.24, 2.45) is 11.3 Å². The largest absolute Gasteiger partial charge is 0.376 e. The molecule has 1 amide bonds. The first-order chi connectivity index (χ1) is 17.8. The van der Waals surface area contributed by atoms with E-state index in [1.54, 1.807) is 11.1 Å². The van der Waals surface area contributed by atoms with Gasteiger partial charge >= 0.3 is 0 Å². The molecule has 0 spiro atoms. The van der Waals surface area contributed by atoms with Crippen LogP contribution in [0.2, 0.25) is 0 Å². The van der Waals surface area contributed by atoms with Gasteiger partial charge in [0.2, 0.25) is 0 Å². The van der Waals surface area contributed by atoms with Gasteiger partial charge in [0.15, 0.2) is 0 Å². The van der Waals surface area contributed by atoms with Crippen LogP contribution >= 0.6 is 0 Å². The lowest BCUT2D eigenvalue weighted by Crippen LogP contribution is -2.56. The van der Waals surface area contributed by atoms with E-state index in [-0.39, 0.29) is 29.0 Å². The summed E-state index contributed by atoms with van der Waals surface area (Å²) in [7, 11) is 0. The van der Waals surface area contributed by atoms with Gasteiger partial charge in [-0.05, 0) is 109 Å². The first-order valence-corrected chi connectivity index (χ1v) is 15.3. The van der Waals surface area contributed by atoms with E-state index >= 15 is 0 Å². The smallest absolute Gasteiger partial charge is 0.251 e. The fourth-order valence-corrected chi connectivity index (χ4v) is 8.93. The molecule has 6 rings (SSSR count). The summed E-state index contributed by atoms with van der Waals surface area (Å²) < 4.78 is 5.98. The Labute approximate surface area is 224 Å². The minimum absolute atomic E-state index is 0.0708. The zero-order valence-electron chi connectivity index (χ0n) is 23.7. The van der Waals surface area contributed by atoms with Crippen LogP contribution in [0.15, 0.2) is 29.3 Å². The molecule has 4 heteroatoms. The number of fused-ring (bicyclic) bond motifs is 3. The zero-order chi connectivity index (χ0) is 25.8. The van der Waals surface area contributed by atoms with Gasteiger partial charge in [-0.15, -0.1) is 0 Å². The van der Waals surface area contributed by atoms with Gasteiger partial charge in [-0.3, -0.25) is 10.1 Å². The van der Waals surface area contributed by atoms with E-state index in [0.717, 1.165) is 57.4 Å². The summed E-state index contributed by atoms with van der Waals surface area (Å²) in [6, 6.07) is 7.38. The molecule has 1 aromatic carbocycles. The molecule has 37 heavy (non-hydrogen) atoms. The molecular weight excluding hydrogens is 456 g/mol. The Kier molecular flexibility index (Phi) is 6.80. The van der Waals surface area contributed by atoms with Crippen molar-refractivity contribution >= 4 is 5.91 Å². The lowest BCUT2D eigenvalue weighted by Gasteiger charge is -2.56. The monoisotopic (exact) mass is 504 g/mol. The Morgan fingerprint density at radius 3 is 2.68 bits per heavy atom. The molecule has 0 bridgehead atoms. The van der Waals surface area contributed by atoms with Crippen molar-refractivity contribution in [3.63, 3.8) is 0 Å². The summed E-state index contributed by atoms with van der Waals surface area (Å²) >= 11 is 0. The predicted molar refractivity (Wildman–Crippen MR) is 150 cm³/mol. The maximum Gasteiger partial charge on any atom is 0.251 e. The number of benzene rings is 1. The zero-order valence-corrected chi connectivity index (χ0v) is 23.7. The van der Waals surface area contributed by atoms with Crippen LogP contribution in [0, 0.1) is 11.3 Å². The summed E-state index contributed by atoms with van der Waals surface area (Å²) in [5.74, 6) is 1.54. The highest BCUT2D eigenvalue weighted by atomic mass is 16.5. The number of ether oxygens (including phenoxy) is 1. The summed E-state index contributed by atoms with van der Waals surface area (Å²) in [6.45, 7) is 12.3. The van der Waals surface area contributed by atoms with E-state index in [1.165, 1.54) is 49.7 Å². The standard InChI is InChI=1S/C33H48N2O2/c1-22(2)23-12-14-28-24(19-23)13-15-29-32(3,16-8-17-33(28,29)4)21-34-30-26-10-5-6-11-27(26)31(36)35(30)20-25-9-7-18-37-25/h12,14,19,22,25,29-30,34H,5-11,13,15-18,20-21H2,1-4H3. The second kappa shape index (κ2) is 9.83. The van der Waals surface area contributed by atoms with Gasteiger partial charge in [0.1, 0.15) is 6.17 Å². The number of nitrogens with zero attached hydrogens (tertiary/aromatic N) is 1. The molecule has 202 valence electrons. The quantitative estimate of drug-likeness (QED) is 0.473. The number of carbonyl (C=O) groups is 1. The van der Waals surface area contributed by atoms with Crippen LogP contribution in [-0.4, -0.2) is 42.8 Å². The molecule has 3 aliphatic carbocycles. The van der Waals surface area contributed by atoms with Crippen LogP contribution in [0.5, 0.6) is 0 Å². The molecule has 1 aromatic rings. The summed E-state index contributed by atoms with van der Waals surface area (Å²) in [5.41, 5.74) is 7.69. The Morgan fingerprint density at radius 1 is 1.05 bits per heavy atom. The number of rotatable bonds is 6. The van der Waals surface area contributed by atoms with Crippen molar-refractivity contribution < 1.29 is 9.53 Å². The molecule has 0 aromatic heterocycles. The highest BCUT2D eigenvalue weighted by Crippen LogP contribution is 2.57. The first-order valence-electron chi connectivity index (χ1n) is 15.3. The van der Waals surface area contributed by atoms with Crippen molar-refractivity contribution in [1.29, 1.82) is 0 Å². The van der Waals surface area contributed by atoms with Crippen LogP contribution in [-0.2, 0) is 21.4 Å². The van der Waals surface area contributed by atoms with Crippen molar-refractivity contribution in [3.05, 3.63) is 46.0 Å². The molecule has 5 atom stereocenters. The Morgan fingerprint density at radius 2 is 1.89 bits per heavy atom. The molecule has 2 fully saturated rings. The van der Waals surface area contributed by atoms with E-state index in [9.17, 15) is 4.79 Å². The van der Waals surface area contributed by atoms with Crippen molar-refractivity contribution in [3.8, 4) is 0 Å². The van der Waals surface area contributed by atoms with Gasteiger partial charge < -0.3 is 9.64 Å². The number of nitrogens with one attached hydrogen (secondary N) is 1. The van der Waals surface area contributed by atoms with Crippen LogP contribution in [0.3, 0.4) is 0 Å². The Hall–Kier alpha value is -1.65. The molecule has 1 N–H and O–H groups in total. The minimum Gasteiger partial charge on any atom is -0.376 e. The van der Waals surface area contributed by atoms with Gasteiger partial charge in [-0.1, -0.05) is 52.3 Å². The van der Waals surface area contributed by atoms with E-state index < -0.39 is 0 Å². The lowest BCUT2D eigenvalue weighted by molar-refractivity contribution is -0.129.